The molecule has 0 spiro atoms. The molecule has 8 nitrogen and oxygen atoms in total. The molecule has 1 fully saturated rings. The number of amides is 3. The van der Waals surface area contributed by atoms with Crippen molar-refractivity contribution >= 4 is 23.5 Å². The van der Waals surface area contributed by atoms with Crippen LogP contribution in [0.25, 0.3) is 0 Å². The number of halogens is 1. The number of hydrogen-bond donors (Lipinski definition) is 1. The van der Waals surface area contributed by atoms with Crippen molar-refractivity contribution in [3.63, 3.8) is 0 Å². The number of rotatable bonds is 6. The van der Waals surface area contributed by atoms with Crippen LogP contribution in [0.1, 0.15) is 48.5 Å². The maximum Gasteiger partial charge on any atom is 0.242 e. The van der Waals surface area contributed by atoms with Gasteiger partial charge >= 0.3 is 0 Å². The quantitative estimate of drug-likeness (QED) is 0.741. The van der Waals surface area contributed by atoms with E-state index < -0.39 is 0 Å². The lowest BCUT2D eigenvalue weighted by atomic mass is 10.1. The highest BCUT2D eigenvalue weighted by molar-refractivity contribution is 6.00. The Balaban J connectivity index is 1.57. The lowest BCUT2D eigenvalue weighted by Crippen LogP contribution is -2.39. The van der Waals surface area contributed by atoms with Crippen LogP contribution in [-0.4, -0.2) is 52.2 Å². The van der Waals surface area contributed by atoms with Crippen molar-refractivity contribution in [2.45, 2.75) is 45.6 Å². The summed E-state index contributed by atoms with van der Waals surface area (Å²) in [5, 5.41) is 2.54. The molecule has 2 aliphatic rings. The Morgan fingerprint density at radius 2 is 2.03 bits per heavy atom. The number of anilines is 1. The number of carbonyl (C=O) groups is 3. The van der Waals surface area contributed by atoms with Crippen LogP contribution in [0.5, 0.6) is 0 Å². The van der Waals surface area contributed by atoms with Gasteiger partial charge in [-0.3, -0.25) is 19.3 Å². The minimum Gasteiger partial charge on any atom is -0.347 e. The van der Waals surface area contributed by atoms with Crippen LogP contribution in [0, 0.1) is 12.7 Å². The van der Waals surface area contributed by atoms with Crippen LogP contribution in [0.15, 0.2) is 24.3 Å². The van der Waals surface area contributed by atoms with Gasteiger partial charge in [-0.1, -0.05) is 18.2 Å². The predicted molar refractivity (Wildman–Crippen MR) is 115 cm³/mol. The molecule has 0 saturated carbocycles. The maximum absolute atomic E-state index is 14.0. The molecular weight excluding hydrogens is 413 g/mol. The molecule has 9 heteroatoms. The van der Waals surface area contributed by atoms with Crippen LogP contribution in [0.2, 0.25) is 0 Å². The summed E-state index contributed by atoms with van der Waals surface area (Å²) in [7, 11) is 0. The maximum atomic E-state index is 14.0. The van der Waals surface area contributed by atoms with Crippen molar-refractivity contribution in [2.24, 2.45) is 0 Å². The molecule has 3 heterocycles. The Kier molecular flexibility index (Phi) is 6.16. The number of hydrogen-bond acceptors (Lipinski definition) is 5. The second-order valence-corrected chi connectivity index (χ2v) is 8.19. The molecule has 1 atom stereocenters. The molecule has 0 bridgehead atoms. The third kappa shape index (κ3) is 4.32. The molecule has 168 valence electrons. The highest BCUT2D eigenvalue weighted by atomic mass is 19.1. The van der Waals surface area contributed by atoms with Crippen molar-refractivity contribution in [3.8, 4) is 0 Å². The summed E-state index contributed by atoms with van der Waals surface area (Å²) in [5.41, 5.74) is 2.04. The van der Waals surface area contributed by atoms with E-state index >= 15 is 0 Å². The topological polar surface area (TPSA) is 95.5 Å². The SMILES string of the molecule is CC(=O)NCC(=O)N1CCC[C@H]1c1nc(C)c2c(n1)N(CCc1ccccc1F)C(=O)C2. The zero-order chi connectivity index (χ0) is 22.8. The van der Waals surface area contributed by atoms with Gasteiger partial charge in [-0.25, -0.2) is 14.4 Å². The predicted octanol–water partition coefficient (Wildman–Crippen LogP) is 1.86. The van der Waals surface area contributed by atoms with E-state index in [2.05, 4.69) is 10.3 Å². The van der Waals surface area contributed by atoms with Gasteiger partial charge in [0, 0.05) is 31.3 Å². The highest BCUT2D eigenvalue weighted by Gasteiger charge is 2.36. The number of nitrogens with one attached hydrogen (secondary N) is 1. The molecule has 32 heavy (non-hydrogen) atoms. The standard InChI is InChI=1S/C23H26FN5O3/c1-14-17-12-20(31)29(11-9-16-6-3-4-7-18(16)24)23(17)27-22(26-14)19-8-5-10-28(19)21(32)13-25-15(2)30/h3-4,6-7,19H,5,8-13H2,1-2H3,(H,25,30)/t19-/m0/s1. The summed E-state index contributed by atoms with van der Waals surface area (Å²) in [4.78, 5) is 49.1. The van der Waals surface area contributed by atoms with Crippen molar-refractivity contribution < 1.29 is 18.8 Å². The van der Waals surface area contributed by atoms with E-state index in [1.54, 1.807) is 28.0 Å². The number of carbonyl (C=O) groups excluding carboxylic acids is 3. The molecule has 1 aromatic heterocycles. The Morgan fingerprint density at radius 1 is 1.25 bits per heavy atom. The number of nitrogens with zero attached hydrogens (tertiary/aromatic N) is 4. The van der Waals surface area contributed by atoms with Crippen LogP contribution in [0.3, 0.4) is 0 Å². The molecule has 3 amide bonds. The molecular formula is C23H26FN5O3. The Bertz CT molecular complexity index is 1070. The lowest BCUT2D eigenvalue weighted by molar-refractivity contribution is -0.133. The second kappa shape index (κ2) is 9.02. The highest BCUT2D eigenvalue weighted by Crippen LogP contribution is 2.35. The first-order chi connectivity index (χ1) is 15.3. The molecule has 0 unspecified atom stereocenters. The van der Waals surface area contributed by atoms with Gasteiger partial charge in [0.25, 0.3) is 0 Å². The fourth-order valence-electron chi connectivity index (χ4n) is 4.35. The molecule has 2 aromatic rings. The smallest absolute Gasteiger partial charge is 0.242 e. The molecule has 1 N–H and O–H groups in total. The van der Waals surface area contributed by atoms with Gasteiger partial charge in [0.15, 0.2) is 5.82 Å². The molecule has 0 radical (unpaired) electrons. The fourth-order valence-corrected chi connectivity index (χ4v) is 4.35. The minimum absolute atomic E-state index is 0.0665. The first-order valence-electron chi connectivity index (χ1n) is 10.8. The summed E-state index contributed by atoms with van der Waals surface area (Å²) >= 11 is 0. The normalized spacial score (nSPS) is 17.6. The Hall–Kier alpha value is -3.36. The van der Waals surface area contributed by atoms with Crippen molar-refractivity contribution in [2.75, 3.05) is 24.5 Å². The van der Waals surface area contributed by atoms with Crippen molar-refractivity contribution in [1.82, 2.24) is 20.2 Å². The lowest BCUT2D eigenvalue weighted by Gasteiger charge is -2.25. The summed E-state index contributed by atoms with van der Waals surface area (Å²) in [6, 6.07) is 6.23. The second-order valence-electron chi connectivity index (χ2n) is 8.19. The van der Waals surface area contributed by atoms with Crippen LogP contribution in [0.4, 0.5) is 10.2 Å². The zero-order valence-corrected chi connectivity index (χ0v) is 18.2. The monoisotopic (exact) mass is 439 g/mol. The van der Waals surface area contributed by atoms with Gasteiger partial charge < -0.3 is 10.2 Å². The molecule has 0 aliphatic carbocycles. The first kappa shape index (κ1) is 21.9. The number of benzene rings is 1. The first-order valence-corrected chi connectivity index (χ1v) is 10.8. The molecule has 1 saturated heterocycles. The van der Waals surface area contributed by atoms with Crippen LogP contribution < -0.4 is 10.2 Å². The van der Waals surface area contributed by atoms with Gasteiger partial charge in [0.1, 0.15) is 11.6 Å². The summed E-state index contributed by atoms with van der Waals surface area (Å²) in [6.07, 6.45) is 2.12. The van der Waals surface area contributed by atoms with E-state index in [0.717, 1.165) is 12.0 Å². The molecule has 1 aromatic carbocycles. The van der Waals surface area contributed by atoms with E-state index in [4.69, 9.17) is 4.98 Å². The van der Waals surface area contributed by atoms with Crippen LogP contribution in [-0.2, 0) is 27.2 Å². The van der Waals surface area contributed by atoms with Gasteiger partial charge in [-0.2, -0.15) is 0 Å². The van der Waals surface area contributed by atoms with Gasteiger partial charge in [0.2, 0.25) is 17.7 Å². The Labute approximate surface area is 185 Å². The summed E-state index contributed by atoms with van der Waals surface area (Å²) < 4.78 is 14.0. The van der Waals surface area contributed by atoms with E-state index in [-0.39, 0.29) is 42.5 Å². The van der Waals surface area contributed by atoms with Gasteiger partial charge in [-0.15, -0.1) is 0 Å². The Morgan fingerprint density at radius 3 is 2.78 bits per heavy atom. The number of aryl methyl sites for hydroxylation is 1. The van der Waals surface area contributed by atoms with E-state index in [0.29, 0.717) is 48.8 Å². The zero-order valence-electron chi connectivity index (χ0n) is 18.2. The van der Waals surface area contributed by atoms with E-state index in [1.165, 1.54) is 13.0 Å². The van der Waals surface area contributed by atoms with Gasteiger partial charge in [-0.05, 0) is 37.8 Å². The summed E-state index contributed by atoms with van der Waals surface area (Å²) in [5.74, 6) is 0.226. The summed E-state index contributed by atoms with van der Waals surface area (Å²) in [6.45, 7) is 4.03. The molecule has 2 aliphatic heterocycles. The third-order valence-electron chi connectivity index (χ3n) is 6.02. The van der Waals surface area contributed by atoms with E-state index in [9.17, 15) is 18.8 Å². The average molecular weight is 439 g/mol. The minimum atomic E-state index is -0.302. The largest absolute Gasteiger partial charge is 0.347 e. The average Bonchev–Trinajstić information content (AvgIpc) is 3.36. The molecule has 4 rings (SSSR count). The van der Waals surface area contributed by atoms with Crippen molar-refractivity contribution in [3.05, 3.63) is 52.7 Å². The van der Waals surface area contributed by atoms with Crippen LogP contribution >= 0.6 is 0 Å². The third-order valence-corrected chi connectivity index (χ3v) is 6.02. The van der Waals surface area contributed by atoms with Gasteiger partial charge in [0.05, 0.1) is 19.0 Å². The number of likely N-dealkylation sites (tertiary alicyclic amines) is 1. The van der Waals surface area contributed by atoms with E-state index in [1.807, 2.05) is 6.92 Å². The fraction of sp³-hybridized carbons (Fsp3) is 0.435. The van der Waals surface area contributed by atoms with Crippen molar-refractivity contribution in [1.29, 1.82) is 0 Å². The number of fused-ring (bicyclic) bond motifs is 1. The number of aromatic nitrogens is 2.